The van der Waals surface area contributed by atoms with Gasteiger partial charge in [0.15, 0.2) is 0 Å². The van der Waals surface area contributed by atoms with Crippen LogP contribution in [0, 0.1) is 0 Å². The molecule has 2 aromatic carbocycles. The summed E-state index contributed by atoms with van der Waals surface area (Å²) in [7, 11) is 3.87. The number of anilines is 2. The molecule has 1 saturated carbocycles. The normalized spacial score (nSPS) is 18.4. The largest absolute Gasteiger partial charge is 0.573 e. The summed E-state index contributed by atoms with van der Waals surface area (Å²) in [5.41, 5.74) is 0.713. The number of carbonyl (C=O) groups excluding carboxylic acids is 1. The summed E-state index contributed by atoms with van der Waals surface area (Å²) in [5.74, 6) is 0.291. The molecular formula is C24H26F3N5O2. The Labute approximate surface area is 195 Å². The van der Waals surface area contributed by atoms with Crippen molar-refractivity contribution in [1.29, 1.82) is 0 Å². The third kappa shape index (κ3) is 5.67. The first-order valence-electron chi connectivity index (χ1n) is 11.1. The maximum atomic E-state index is 12.6. The van der Waals surface area contributed by atoms with E-state index in [-0.39, 0.29) is 17.6 Å². The predicted octanol–water partition coefficient (Wildman–Crippen LogP) is 4.75. The quantitative estimate of drug-likeness (QED) is 0.538. The van der Waals surface area contributed by atoms with Crippen LogP contribution in [-0.2, 0) is 0 Å². The Balaban J connectivity index is 1.37. The van der Waals surface area contributed by atoms with Crippen molar-refractivity contribution in [3.8, 4) is 5.75 Å². The van der Waals surface area contributed by atoms with Gasteiger partial charge in [0.1, 0.15) is 11.6 Å². The van der Waals surface area contributed by atoms with Crippen LogP contribution in [0.5, 0.6) is 5.75 Å². The van der Waals surface area contributed by atoms with Gasteiger partial charge in [-0.05, 0) is 49.9 Å². The van der Waals surface area contributed by atoms with Gasteiger partial charge in [-0.3, -0.25) is 4.79 Å². The standard InChI is InChI=1S/C24H26F3N5O2/c1-32(2)21-17-7-3-5-9-19(17)30-23(31-21)29-16-13-11-15(12-14-16)28-22(33)18-8-4-6-10-20(18)34-24(25,26)27/h3-10,15-16H,11-14H2,1-2H3,(H,28,33)(H,29,30,31). The molecule has 0 radical (unpaired) electrons. The molecule has 2 N–H and O–H groups in total. The summed E-state index contributed by atoms with van der Waals surface area (Å²) >= 11 is 0. The molecule has 1 amide bonds. The number of hydrogen-bond acceptors (Lipinski definition) is 6. The van der Waals surface area contributed by atoms with Gasteiger partial charge in [0.25, 0.3) is 5.91 Å². The van der Waals surface area contributed by atoms with Crippen molar-refractivity contribution in [3.05, 3.63) is 54.1 Å². The molecule has 7 nitrogen and oxygen atoms in total. The van der Waals surface area contributed by atoms with E-state index in [0.29, 0.717) is 18.8 Å². The number of para-hydroxylation sites is 2. The fourth-order valence-electron chi connectivity index (χ4n) is 4.16. The molecule has 1 heterocycles. The minimum Gasteiger partial charge on any atom is -0.405 e. The van der Waals surface area contributed by atoms with E-state index in [1.165, 1.54) is 18.2 Å². The van der Waals surface area contributed by atoms with Gasteiger partial charge in [-0.25, -0.2) is 4.98 Å². The van der Waals surface area contributed by atoms with Crippen molar-refractivity contribution < 1.29 is 22.7 Å². The SMILES string of the molecule is CN(C)c1nc(NC2CCC(NC(=O)c3ccccc3OC(F)(F)F)CC2)nc2ccccc12. The molecule has 0 atom stereocenters. The second kappa shape index (κ2) is 9.74. The predicted molar refractivity (Wildman–Crippen MR) is 124 cm³/mol. The lowest BCUT2D eigenvalue weighted by Crippen LogP contribution is -2.40. The second-order valence-electron chi connectivity index (χ2n) is 8.49. The Hall–Kier alpha value is -3.56. The van der Waals surface area contributed by atoms with Gasteiger partial charge in [-0.15, -0.1) is 13.2 Å². The van der Waals surface area contributed by atoms with E-state index in [1.807, 2.05) is 43.3 Å². The molecule has 0 unspecified atom stereocenters. The third-order valence-electron chi connectivity index (χ3n) is 5.76. The Kier molecular flexibility index (Phi) is 6.76. The zero-order valence-corrected chi connectivity index (χ0v) is 18.9. The van der Waals surface area contributed by atoms with Crippen molar-refractivity contribution in [3.63, 3.8) is 0 Å². The van der Waals surface area contributed by atoms with Crippen LogP contribution in [0.3, 0.4) is 0 Å². The zero-order valence-electron chi connectivity index (χ0n) is 18.9. The minimum atomic E-state index is -4.86. The number of fused-ring (bicyclic) bond motifs is 1. The number of halogens is 3. The maximum absolute atomic E-state index is 12.6. The summed E-state index contributed by atoms with van der Waals surface area (Å²) in [6.07, 6.45) is -1.98. The Bertz CT molecular complexity index is 1160. The molecule has 3 aromatic rings. The molecule has 10 heteroatoms. The summed E-state index contributed by atoms with van der Waals surface area (Å²) < 4.78 is 41.9. The minimum absolute atomic E-state index is 0.130. The average molecular weight is 473 g/mol. The Morgan fingerprint density at radius 2 is 1.62 bits per heavy atom. The number of hydrogen-bond donors (Lipinski definition) is 2. The van der Waals surface area contributed by atoms with Crippen LogP contribution < -0.4 is 20.3 Å². The van der Waals surface area contributed by atoms with Gasteiger partial charge in [-0.2, -0.15) is 4.98 Å². The van der Waals surface area contributed by atoms with Crippen LogP contribution in [0.2, 0.25) is 0 Å². The lowest BCUT2D eigenvalue weighted by molar-refractivity contribution is -0.274. The van der Waals surface area contributed by atoms with Crippen molar-refractivity contribution in [2.24, 2.45) is 0 Å². The van der Waals surface area contributed by atoms with E-state index in [0.717, 1.165) is 35.6 Å². The molecular weight excluding hydrogens is 447 g/mol. The van der Waals surface area contributed by atoms with Gasteiger partial charge in [-0.1, -0.05) is 24.3 Å². The highest BCUT2D eigenvalue weighted by molar-refractivity contribution is 5.97. The van der Waals surface area contributed by atoms with E-state index in [1.54, 1.807) is 0 Å². The van der Waals surface area contributed by atoms with Gasteiger partial charge in [0.05, 0.1) is 11.1 Å². The molecule has 0 bridgehead atoms. The van der Waals surface area contributed by atoms with Crippen LogP contribution in [0.15, 0.2) is 48.5 Å². The Morgan fingerprint density at radius 1 is 0.971 bits per heavy atom. The van der Waals surface area contributed by atoms with E-state index in [2.05, 4.69) is 25.3 Å². The fourth-order valence-corrected chi connectivity index (χ4v) is 4.16. The maximum Gasteiger partial charge on any atom is 0.573 e. The number of alkyl halides is 3. The molecule has 180 valence electrons. The van der Waals surface area contributed by atoms with Crippen LogP contribution >= 0.6 is 0 Å². The highest BCUT2D eigenvalue weighted by atomic mass is 19.4. The second-order valence-corrected chi connectivity index (χ2v) is 8.49. The van der Waals surface area contributed by atoms with E-state index in [4.69, 9.17) is 0 Å². The topological polar surface area (TPSA) is 79.4 Å². The molecule has 0 spiro atoms. The number of carbonyl (C=O) groups is 1. The summed E-state index contributed by atoms with van der Waals surface area (Å²) in [5, 5.41) is 7.22. The van der Waals surface area contributed by atoms with Crippen LogP contribution in [-0.4, -0.2) is 48.4 Å². The van der Waals surface area contributed by atoms with Crippen LogP contribution in [0.4, 0.5) is 24.9 Å². The molecule has 1 aliphatic carbocycles. The number of rotatable bonds is 6. The number of amides is 1. The molecule has 1 aromatic heterocycles. The first-order valence-corrected chi connectivity index (χ1v) is 11.1. The van der Waals surface area contributed by atoms with Gasteiger partial charge < -0.3 is 20.3 Å². The average Bonchev–Trinajstić information content (AvgIpc) is 2.79. The fraction of sp³-hybridized carbons (Fsp3) is 0.375. The summed E-state index contributed by atoms with van der Waals surface area (Å²) in [6, 6.07) is 13.2. The Morgan fingerprint density at radius 3 is 2.32 bits per heavy atom. The molecule has 34 heavy (non-hydrogen) atoms. The smallest absolute Gasteiger partial charge is 0.405 e. The van der Waals surface area contributed by atoms with Crippen molar-refractivity contribution in [2.75, 3.05) is 24.3 Å². The van der Waals surface area contributed by atoms with E-state index in [9.17, 15) is 18.0 Å². The molecule has 1 fully saturated rings. The van der Waals surface area contributed by atoms with Crippen molar-refractivity contribution in [1.82, 2.24) is 15.3 Å². The van der Waals surface area contributed by atoms with E-state index < -0.39 is 18.0 Å². The third-order valence-corrected chi connectivity index (χ3v) is 5.76. The summed E-state index contributed by atoms with van der Waals surface area (Å²) in [4.78, 5) is 23.9. The van der Waals surface area contributed by atoms with Crippen LogP contribution in [0.1, 0.15) is 36.0 Å². The molecule has 1 aliphatic rings. The van der Waals surface area contributed by atoms with E-state index >= 15 is 0 Å². The lowest BCUT2D eigenvalue weighted by atomic mass is 9.91. The molecule has 4 rings (SSSR count). The first-order chi connectivity index (χ1) is 16.2. The molecule has 0 saturated heterocycles. The number of ether oxygens (including phenoxy) is 1. The summed E-state index contributed by atoms with van der Waals surface area (Å²) in [6.45, 7) is 0. The van der Waals surface area contributed by atoms with Gasteiger partial charge in [0, 0.05) is 31.6 Å². The first kappa shape index (κ1) is 23.6. The number of nitrogens with zero attached hydrogens (tertiary/aromatic N) is 3. The highest BCUT2D eigenvalue weighted by Gasteiger charge is 2.33. The lowest BCUT2D eigenvalue weighted by Gasteiger charge is -2.30. The van der Waals surface area contributed by atoms with Gasteiger partial charge in [0.2, 0.25) is 5.95 Å². The number of benzene rings is 2. The monoisotopic (exact) mass is 473 g/mol. The van der Waals surface area contributed by atoms with Gasteiger partial charge >= 0.3 is 6.36 Å². The number of nitrogens with one attached hydrogen (secondary N) is 2. The number of aromatic nitrogens is 2. The van der Waals surface area contributed by atoms with Crippen LogP contribution in [0.25, 0.3) is 10.9 Å². The van der Waals surface area contributed by atoms with Crippen molar-refractivity contribution >= 4 is 28.6 Å². The molecule has 0 aliphatic heterocycles. The zero-order chi connectivity index (χ0) is 24.3. The van der Waals surface area contributed by atoms with Crippen molar-refractivity contribution in [2.45, 2.75) is 44.1 Å². The highest BCUT2D eigenvalue weighted by Crippen LogP contribution is 2.28.